The van der Waals surface area contributed by atoms with Crippen LogP contribution >= 0.6 is 0 Å². The summed E-state index contributed by atoms with van der Waals surface area (Å²) in [7, 11) is -3.76. The Bertz CT molecular complexity index is 526. The van der Waals surface area contributed by atoms with Crippen LogP contribution in [-0.4, -0.2) is 13.4 Å². The van der Waals surface area contributed by atoms with Gasteiger partial charge in [0.1, 0.15) is 10.7 Å². The summed E-state index contributed by atoms with van der Waals surface area (Å²) in [6.45, 7) is 5.40. The molecule has 0 saturated carbocycles. The lowest BCUT2D eigenvalue weighted by Gasteiger charge is -2.16. The van der Waals surface area contributed by atoms with Gasteiger partial charge in [-0.15, -0.1) is 0 Å². The van der Waals surface area contributed by atoms with Gasteiger partial charge in [-0.3, -0.25) is 0 Å². The quantitative estimate of drug-likeness (QED) is 0.536. The zero-order valence-electron chi connectivity index (χ0n) is 10.2. The highest BCUT2D eigenvalue weighted by Gasteiger charge is 2.22. The third kappa shape index (κ3) is 2.56. The van der Waals surface area contributed by atoms with E-state index in [9.17, 15) is 8.42 Å². The summed E-state index contributed by atoms with van der Waals surface area (Å²) in [6.07, 6.45) is 1.20. The molecule has 0 aliphatic heterocycles. The number of primary sulfonamides is 1. The number of nitrogens with two attached hydrogens (primary N) is 2. The van der Waals surface area contributed by atoms with Crippen LogP contribution in [0.2, 0.25) is 0 Å². The lowest BCUT2D eigenvalue weighted by atomic mass is 10.0. The first kappa shape index (κ1) is 13.9. The number of hydrogen-bond acceptors (Lipinski definition) is 5. The Hall–Kier alpha value is -1.18. The molecule has 1 aromatic rings. The molecule has 6 nitrogen and oxygen atoms in total. The van der Waals surface area contributed by atoms with Crippen molar-refractivity contribution in [3.05, 3.63) is 16.8 Å². The van der Waals surface area contributed by atoms with Gasteiger partial charge in [0.2, 0.25) is 10.0 Å². The van der Waals surface area contributed by atoms with Gasteiger partial charge < -0.3 is 5.43 Å². The van der Waals surface area contributed by atoms with Crippen LogP contribution in [-0.2, 0) is 22.9 Å². The van der Waals surface area contributed by atoms with E-state index in [1.165, 1.54) is 0 Å². The summed E-state index contributed by atoms with van der Waals surface area (Å²) >= 11 is 0. The van der Waals surface area contributed by atoms with Crippen molar-refractivity contribution in [2.24, 2.45) is 11.0 Å². The first-order chi connectivity index (χ1) is 7.86. The SMILES string of the molecule is CCc1c(NN)nc(C)c(S(N)(=O)=O)c1CC. The van der Waals surface area contributed by atoms with Gasteiger partial charge in [0.25, 0.3) is 0 Å². The van der Waals surface area contributed by atoms with Gasteiger partial charge >= 0.3 is 0 Å². The molecule has 5 N–H and O–H groups in total. The Morgan fingerprint density at radius 3 is 2.12 bits per heavy atom. The van der Waals surface area contributed by atoms with Gasteiger partial charge in [0, 0.05) is 5.56 Å². The van der Waals surface area contributed by atoms with Crippen molar-refractivity contribution >= 4 is 15.8 Å². The van der Waals surface area contributed by atoms with Gasteiger partial charge in [-0.2, -0.15) is 0 Å². The highest BCUT2D eigenvalue weighted by atomic mass is 32.2. The summed E-state index contributed by atoms with van der Waals surface area (Å²) in [4.78, 5) is 4.26. The normalized spacial score (nSPS) is 11.6. The average Bonchev–Trinajstić information content (AvgIpc) is 2.25. The van der Waals surface area contributed by atoms with E-state index in [1.807, 2.05) is 13.8 Å². The number of nitrogens with zero attached hydrogens (tertiary/aromatic N) is 1. The highest BCUT2D eigenvalue weighted by molar-refractivity contribution is 7.89. The molecule has 17 heavy (non-hydrogen) atoms. The second-order valence-electron chi connectivity index (χ2n) is 3.73. The summed E-state index contributed by atoms with van der Waals surface area (Å²) in [5.41, 5.74) is 4.35. The van der Waals surface area contributed by atoms with E-state index < -0.39 is 10.0 Å². The van der Waals surface area contributed by atoms with Crippen LogP contribution in [0.25, 0.3) is 0 Å². The minimum Gasteiger partial charge on any atom is -0.308 e. The van der Waals surface area contributed by atoms with E-state index in [0.717, 1.165) is 5.56 Å². The molecule has 0 radical (unpaired) electrons. The second kappa shape index (κ2) is 4.99. The maximum atomic E-state index is 11.6. The molecule has 0 amide bonds. The number of nitrogens with one attached hydrogen (secondary N) is 1. The Morgan fingerprint density at radius 1 is 1.24 bits per heavy atom. The molecule has 0 unspecified atom stereocenters. The largest absolute Gasteiger partial charge is 0.308 e. The Balaban J connectivity index is 3.73. The maximum Gasteiger partial charge on any atom is 0.240 e. The number of aryl methyl sites for hydroxylation is 1. The van der Waals surface area contributed by atoms with Crippen molar-refractivity contribution in [1.29, 1.82) is 0 Å². The van der Waals surface area contributed by atoms with E-state index in [1.54, 1.807) is 6.92 Å². The molecule has 0 fully saturated rings. The molecule has 0 atom stereocenters. The molecule has 0 aliphatic carbocycles. The molecule has 0 aliphatic rings. The molecule has 1 aromatic heterocycles. The van der Waals surface area contributed by atoms with Crippen LogP contribution in [0.1, 0.15) is 30.7 Å². The molecular formula is C10H18N4O2S. The molecule has 0 saturated heterocycles. The molecule has 0 bridgehead atoms. The van der Waals surface area contributed by atoms with Crippen molar-refractivity contribution < 1.29 is 8.42 Å². The fourth-order valence-electron chi connectivity index (χ4n) is 2.04. The van der Waals surface area contributed by atoms with Crippen molar-refractivity contribution in [3.8, 4) is 0 Å². The van der Waals surface area contributed by atoms with Gasteiger partial charge in [0.15, 0.2) is 0 Å². The number of pyridine rings is 1. The average molecular weight is 258 g/mol. The zero-order valence-corrected chi connectivity index (χ0v) is 11.1. The van der Waals surface area contributed by atoms with E-state index in [-0.39, 0.29) is 4.90 Å². The smallest absolute Gasteiger partial charge is 0.240 e. The molecule has 96 valence electrons. The van der Waals surface area contributed by atoms with Crippen molar-refractivity contribution in [2.75, 3.05) is 5.43 Å². The van der Waals surface area contributed by atoms with E-state index >= 15 is 0 Å². The lowest BCUT2D eigenvalue weighted by molar-refractivity contribution is 0.595. The van der Waals surface area contributed by atoms with E-state index in [0.29, 0.717) is 29.9 Å². The predicted molar refractivity (Wildman–Crippen MR) is 66.9 cm³/mol. The molecular weight excluding hydrogens is 240 g/mol. The minimum absolute atomic E-state index is 0.121. The molecule has 0 aromatic carbocycles. The first-order valence-corrected chi connectivity index (χ1v) is 6.93. The third-order valence-electron chi connectivity index (χ3n) is 2.66. The number of hydrogen-bond donors (Lipinski definition) is 3. The van der Waals surface area contributed by atoms with Crippen molar-refractivity contribution in [3.63, 3.8) is 0 Å². The zero-order chi connectivity index (χ0) is 13.2. The van der Waals surface area contributed by atoms with Gasteiger partial charge in [-0.25, -0.2) is 24.4 Å². The van der Waals surface area contributed by atoms with Crippen molar-refractivity contribution in [2.45, 2.75) is 38.5 Å². The molecule has 7 heteroatoms. The van der Waals surface area contributed by atoms with Crippen LogP contribution in [0.5, 0.6) is 0 Å². The van der Waals surface area contributed by atoms with Crippen LogP contribution in [0.4, 0.5) is 5.82 Å². The summed E-state index contributed by atoms with van der Waals surface area (Å²) < 4.78 is 23.2. The van der Waals surface area contributed by atoms with Gasteiger partial charge in [-0.1, -0.05) is 13.8 Å². The number of nitrogen functional groups attached to an aromatic ring is 1. The van der Waals surface area contributed by atoms with Crippen LogP contribution in [0.15, 0.2) is 4.90 Å². The predicted octanol–water partition coefficient (Wildman–Crippen LogP) is 0.448. The third-order valence-corrected chi connectivity index (χ3v) is 3.77. The van der Waals surface area contributed by atoms with Crippen LogP contribution in [0.3, 0.4) is 0 Å². The minimum atomic E-state index is -3.76. The highest BCUT2D eigenvalue weighted by Crippen LogP contribution is 2.27. The van der Waals surface area contributed by atoms with E-state index in [2.05, 4.69) is 10.4 Å². The topological polar surface area (TPSA) is 111 Å². The number of hydrazine groups is 1. The van der Waals surface area contributed by atoms with Crippen LogP contribution in [0, 0.1) is 6.92 Å². The Morgan fingerprint density at radius 2 is 1.76 bits per heavy atom. The van der Waals surface area contributed by atoms with Gasteiger partial charge in [0.05, 0.1) is 5.69 Å². The van der Waals surface area contributed by atoms with Crippen LogP contribution < -0.4 is 16.4 Å². The standard InChI is InChI=1S/C10H18N4O2S/c1-4-7-8(5-2)10(14-11)13-6(3)9(7)17(12,15)16/h4-5,11H2,1-3H3,(H,13,14)(H2,12,15,16). The molecule has 1 heterocycles. The first-order valence-electron chi connectivity index (χ1n) is 5.38. The fourth-order valence-corrected chi connectivity index (χ4v) is 3.10. The maximum absolute atomic E-state index is 11.6. The van der Waals surface area contributed by atoms with E-state index in [4.69, 9.17) is 11.0 Å². The lowest BCUT2D eigenvalue weighted by Crippen LogP contribution is -2.21. The summed E-state index contributed by atoms with van der Waals surface area (Å²) in [5, 5.41) is 5.23. The number of rotatable bonds is 4. The Kier molecular flexibility index (Phi) is 4.07. The molecule has 1 rings (SSSR count). The Labute approximate surface area is 101 Å². The molecule has 0 spiro atoms. The van der Waals surface area contributed by atoms with Crippen molar-refractivity contribution in [1.82, 2.24) is 4.98 Å². The fraction of sp³-hybridized carbons (Fsp3) is 0.500. The summed E-state index contributed by atoms with van der Waals surface area (Å²) in [5.74, 6) is 5.89. The van der Waals surface area contributed by atoms with Gasteiger partial charge in [-0.05, 0) is 25.3 Å². The number of anilines is 1. The number of sulfonamides is 1. The monoisotopic (exact) mass is 258 g/mol. The number of aromatic nitrogens is 1. The second-order valence-corrected chi connectivity index (χ2v) is 5.23. The summed E-state index contributed by atoms with van der Waals surface area (Å²) in [6, 6.07) is 0.